The van der Waals surface area contributed by atoms with Crippen LogP contribution in [-0.2, 0) is 23.7 Å². The van der Waals surface area contributed by atoms with Gasteiger partial charge in [0.15, 0.2) is 5.78 Å². The van der Waals surface area contributed by atoms with Gasteiger partial charge in [-0.25, -0.2) is 0 Å². The van der Waals surface area contributed by atoms with Crippen molar-refractivity contribution in [3.8, 4) is 11.3 Å². The number of aryl methyl sites for hydroxylation is 1. The fourth-order valence-corrected chi connectivity index (χ4v) is 5.80. The van der Waals surface area contributed by atoms with Crippen LogP contribution in [0.25, 0.3) is 11.3 Å². The van der Waals surface area contributed by atoms with Crippen molar-refractivity contribution in [1.29, 1.82) is 0 Å². The van der Waals surface area contributed by atoms with E-state index in [1.807, 2.05) is 49.1 Å². The number of allylic oxidation sites excluding steroid dienone is 1. The van der Waals surface area contributed by atoms with Crippen LogP contribution in [0.4, 0.5) is 0 Å². The summed E-state index contributed by atoms with van der Waals surface area (Å²) in [4.78, 5) is 17.2. The van der Waals surface area contributed by atoms with E-state index in [0.29, 0.717) is 12.0 Å². The van der Waals surface area contributed by atoms with Crippen LogP contribution in [0.1, 0.15) is 36.6 Å². The van der Waals surface area contributed by atoms with E-state index in [9.17, 15) is 9.90 Å². The molecule has 2 aromatic heterocycles. The summed E-state index contributed by atoms with van der Waals surface area (Å²) < 4.78 is 1.96. The Morgan fingerprint density at radius 2 is 2.00 bits per heavy atom. The third kappa shape index (κ3) is 2.51. The lowest BCUT2D eigenvalue weighted by molar-refractivity contribution is -0.123. The lowest BCUT2D eigenvalue weighted by atomic mass is 9.52. The van der Waals surface area contributed by atoms with E-state index >= 15 is 0 Å². The molecule has 5 heteroatoms. The standard InChI is InChI=1S/C25H25N3O2/c1-16-21-11-10-20-22(17-7-6-12-26-14-17)28(2)27-24(20)25(21,13-18(15-29)23(16)30)19-8-4-3-5-9-19/h3-9,12,14-16,21,29H,10-11,13H2,1-2H3/b18-15-/t16-,21-,25+/m0/s1. The molecule has 1 fully saturated rings. The molecular formula is C25H25N3O2. The first-order valence-corrected chi connectivity index (χ1v) is 10.5. The summed E-state index contributed by atoms with van der Waals surface area (Å²) in [6.45, 7) is 2.00. The van der Waals surface area contributed by atoms with E-state index < -0.39 is 5.41 Å². The second-order valence-electron chi connectivity index (χ2n) is 8.51. The normalized spacial score (nSPS) is 27.0. The number of aliphatic hydroxyl groups excluding tert-OH is 1. The number of nitrogens with zero attached hydrogens (tertiary/aromatic N) is 3. The maximum Gasteiger partial charge on any atom is 0.165 e. The Kier molecular flexibility index (Phi) is 4.35. The van der Waals surface area contributed by atoms with E-state index in [0.717, 1.165) is 41.6 Å². The van der Waals surface area contributed by atoms with Gasteiger partial charge in [-0.3, -0.25) is 14.5 Å². The van der Waals surface area contributed by atoms with E-state index in [4.69, 9.17) is 5.10 Å². The fraction of sp³-hybridized carbons (Fsp3) is 0.320. The second-order valence-corrected chi connectivity index (χ2v) is 8.51. The molecule has 0 bridgehead atoms. The minimum absolute atomic E-state index is 0.0564. The number of Topliss-reactive ketones (excluding diaryl/α,β-unsaturated/α-hetero) is 1. The number of carbonyl (C=O) groups excluding carboxylic acids is 1. The highest BCUT2D eigenvalue weighted by Crippen LogP contribution is 2.56. The molecule has 0 unspecified atom stereocenters. The molecule has 3 aromatic rings. The summed E-state index contributed by atoms with van der Waals surface area (Å²) >= 11 is 0. The molecule has 2 aliphatic carbocycles. The van der Waals surface area contributed by atoms with Crippen molar-refractivity contribution in [3.63, 3.8) is 0 Å². The molecule has 1 aromatic carbocycles. The van der Waals surface area contributed by atoms with Gasteiger partial charge in [-0.1, -0.05) is 37.3 Å². The summed E-state index contributed by atoms with van der Waals surface area (Å²) in [5, 5.41) is 15.0. The topological polar surface area (TPSA) is 68.0 Å². The molecule has 5 rings (SSSR count). The zero-order valence-electron chi connectivity index (χ0n) is 17.2. The predicted octanol–water partition coefficient (Wildman–Crippen LogP) is 4.38. The third-order valence-electron chi connectivity index (χ3n) is 7.09. The van der Waals surface area contributed by atoms with Gasteiger partial charge in [0.2, 0.25) is 0 Å². The van der Waals surface area contributed by atoms with Gasteiger partial charge < -0.3 is 5.11 Å². The average molecular weight is 399 g/mol. The van der Waals surface area contributed by atoms with E-state index in [2.05, 4.69) is 23.2 Å². The lowest BCUT2D eigenvalue weighted by Gasteiger charge is -2.49. The van der Waals surface area contributed by atoms with Crippen molar-refractivity contribution in [2.24, 2.45) is 18.9 Å². The molecule has 3 atom stereocenters. The van der Waals surface area contributed by atoms with Crippen LogP contribution in [0.15, 0.2) is 66.7 Å². The summed E-state index contributed by atoms with van der Waals surface area (Å²) in [6.07, 6.45) is 6.93. The van der Waals surface area contributed by atoms with Crippen LogP contribution in [0, 0.1) is 11.8 Å². The van der Waals surface area contributed by atoms with Gasteiger partial charge in [-0.2, -0.15) is 5.10 Å². The Morgan fingerprint density at radius 3 is 2.70 bits per heavy atom. The molecule has 1 saturated carbocycles. The maximum absolute atomic E-state index is 12.9. The van der Waals surface area contributed by atoms with Gasteiger partial charge in [-0.15, -0.1) is 0 Å². The van der Waals surface area contributed by atoms with Crippen LogP contribution in [-0.4, -0.2) is 25.7 Å². The largest absolute Gasteiger partial charge is 0.515 e. The molecule has 1 N–H and O–H groups in total. The quantitative estimate of drug-likeness (QED) is 0.513. The summed E-state index contributed by atoms with van der Waals surface area (Å²) in [6, 6.07) is 14.4. The lowest BCUT2D eigenvalue weighted by Crippen LogP contribution is -2.50. The molecule has 2 aliphatic rings. The SMILES string of the molecule is C[C@@H]1C(=O)/C(=C\O)C[C@]2(c3ccccc3)c3nn(C)c(-c4cccnc4)c3CC[C@@H]12. The first kappa shape index (κ1) is 18.8. The Bertz CT molecular complexity index is 1130. The Hall–Kier alpha value is -3.21. The van der Waals surface area contributed by atoms with Crippen molar-refractivity contribution >= 4 is 5.78 Å². The number of benzene rings is 1. The average Bonchev–Trinajstić information content (AvgIpc) is 3.13. The number of ketones is 1. The van der Waals surface area contributed by atoms with Crippen LogP contribution < -0.4 is 0 Å². The molecule has 0 aliphatic heterocycles. The number of aromatic nitrogens is 3. The number of hydrogen-bond acceptors (Lipinski definition) is 4. The number of pyridine rings is 1. The van der Waals surface area contributed by atoms with Crippen molar-refractivity contribution in [2.75, 3.05) is 0 Å². The van der Waals surface area contributed by atoms with Crippen LogP contribution in [0.5, 0.6) is 0 Å². The highest BCUT2D eigenvalue weighted by Gasteiger charge is 2.55. The van der Waals surface area contributed by atoms with Crippen LogP contribution in [0.3, 0.4) is 0 Å². The molecule has 0 radical (unpaired) electrons. The summed E-state index contributed by atoms with van der Waals surface area (Å²) in [5.41, 5.74) is 5.61. The first-order valence-electron chi connectivity index (χ1n) is 10.5. The van der Waals surface area contributed by atoms with E-state index in [1.54, 1.807) is 6.20 Å². The summed E-state index contributed by atoms with van der Waals surface area (Å²) in [5.74, 6) is 0.0236. The first-order chi connectivity index (χ1) is 14.6. The molecular weight excluding hydrogens is 374 g/mol. The van der Waals surface area contributed by atoms with Crippen LogP contribution >= 0.6 is 0 Å². The smallest absolute Gasteiger partial charge is 0.165 e. The van der Waals surface area contributed by atoms with Crippen LogP contribution in [0.2, 0.25) is 0 Å². The molecule has 30 heavy (non-hydrogen) atoms. The Labute approximate surface area is 176 Å². The van der Waals surface area contributed by atoms with Gasteiger partial charge in [0, 0.05) is 47.5 Å². The van der Waals surface area contributed by atoms with Gasteiger partial charge in [-0.05, 0) is 42.9 Å². The molecule has 0 spiro atoms. The van der Waals surface area contributed by atoms with E-state index in [-0.39, 0.29) is 17.6 Å². The Balaban J connectivity index is 1.80. The second kappa shape index (κ2) is 6.94. The van der Waals surface area contributed by atoms with Crippen molar-refractivity contribution in [3.05, 3.63) is 83.5 Å². The number of aliphatic hydroxyl groups is 1. The zero-order valence-corrected chi connectivity index (χ0v) is 17.2. The highest BCUT2D eigenvalue weighted by molar-refractivity contribution is 5.98. The highest BCUT2D eigenvalue weighted by atomic mass is 16.2. The predicted molar refractivity (Wildman–Crippen MR) is 115 cm³/mol. The summed E-state index contributed by atoms with van der Waals surface area (Å²) in [7, 11) is 1.98. The minimum atomic E-state index is -0.436. The number of hydrogen-bond donors (Lipinski definition) is 1. The monoisotopic (exact) mass is 399 g/mol. The molecule has 5 nitrogen and oxygen atoms in total. The fourth-order valence-electron chi connectivity index (χ4n) is 5.80. The van der Waals surface area contributed by atoms with Gasteiger partial charge in [0.1, 0.15) is 0 Å². The zero-order chi connectivity index (χ0) is 20.9. The third-order valence-corrected chi connectivity index (χ3v) is 7.09. The van der Waals surface area contributed by atoms with E-state index in [1.165, 1.54) is 5.56 Å². The van der Waals surface area contributed by atoms with Gasteiger partial charge in [0.05, 0.1) is 17.6 Å². The minimum Gasteiger partial charge on any atom is -0.515 e. The Morgan fingerprint density at radius 1 is 1.20 bits per heavy atom. The van der Waals surface area contributed by atoms with Crippen molar-refractivity contribution < 1.29 is 9.90 Å². The van der Waals surface area contributed by atoms with Crippen molar-refractivity contribution in [2.45, 2.75) is 31.6 Å². The maximum atomic E-state index is 12.9. The number of rotatable bonds is 2. The van der Waals surface area contributed by atoms with Crippen molar-refractivity contribution in [1.82, 2.24) is 14.8 Å². The molecule has 0 saturated heterocycles. The number of carbonyl (C=O) groups is 1. The van der Waals surface area contributed by atoms with Gasteiger partial charge in [0.25, 0.3) is 0 Å². The molecule has 2 heterocycles. The molecule has 152 valence electrons. The van der Waals surface area contributed by atoms with Gasteiger partial charge >= 0.3 is 0 Å². The number of fused-ring (bicyclic) bond motifs is 3. The molecule has 0 amide bonds.